The molecule has 0 amide bonds. The molecular weight excluding hydrogens is 204 g/mol. The van der Waals surface area contributed by atoms with Gasteiger partial charge < -0.3 is 5.11 Å². The zero-order valence-corrected chi connectivity index (χ0v) is 9.46. The molecule has 86 valence electrons. The number of rotatable bonds is 8. The van der Waals surface area contributed by atoms with Gasteiger partial charge in [0.1, 0.15) is 0 Å². The number of hydrogen-bond acceptors (Lipinski definition) is 3. The highest BCUT2D eigenvalue weighted by Crippen LogP contribution is 2.11. The van der Waals surface area contributed by atoms with E-state index in [4.69, 9.17) is 9.66 Å². The Hall–Kier alpha value is -0.130. The average Bonchev–Trinajstić information content (AvgIpc) is 2.09. The van der Waals surface area contributed by atoms with Crippen LogP contribution in [0, 0.1) is 0 Å². The minimum atomic E-state index is -3.84. The monoisotopic (exact) mass is 224 g/mol. The molecule has 0 rings (SSSR count). The van der Waals surface area contributed by atoms with Gasteiger partial charge in [0.2, 0.25) is 0 Å². The molecule has 0 bridgehead atoms. The Morgan fingerprint density at radius 3 is 2.07 bits per heavy atom. The molecule has 5 heteroatoms. The largest absolute Gasteiger partial charge is 0.396 e. The van der Waals surface area contributed by atoms with Crippen LogP contribution in [0.4, 0.5) is 0 Å². The standard InChI is InChI=1S/C9H20O4S/c1-9(14(11,12)13)7-5-3-2-4-6-8-10/h9-10H,2-8H2,1H3,(H,11,12,13). The first-order chi connectivity index (χ1) is 6.48. The Kier molecular flexibility index (Phi) is 7.13. The van der Waals surface area contributed by atoms with Gasteiger partial charge in [0.15, 0.2) is 0 Å². The summed E-state index contributed by atoms with van der Waals surface area (Å²) < 4.78 is 29.9. The van der Waals surface area contributed by atoms with Crippen molar-refractivity contribution >= 4 is 10.1 Å². The van der Waals surface area contributed by atoms with E-state index in [2.05, 4.69) is 0 Å². The van der Waals surface area contributed by atoms with E-state index < -0.39 is 15.4 Å². The average molecular weight is 224 g/mol. The molecule has 14 heavy (non-hydrogen) atoms. The molecule has 0 aliphatic heterocycles. The second-order valence-corrected chi connectivity index (χ2v) is 5.44. The minimum Gasteiger partial charge on any atom is -0.396 e. The molecule has 0 radical (unpaired) electrons. The van der Waals surface area contributed by atoms with Gasteiger partial charge in [-0.2, -0.15) is 8.42 Å². The molecule has 2 N–H and O–H groups in total. The molecule has 4 nitrogen and oxygen atoms in total. The predicted octanol–water partition coefficient (Wildman–Crippen LogP) is 1.60. The van der Waals surface area contributed by atoms with E-state index in [1.54, 1.807) is 0 Å². The van der Waals surface area contributed by atoms with E-state index in [1.165, 1.54) is 6.92 Å². The summed E-state index contributed by atoms with van der Waals surface area (Å²) in [6.07, 6.45) is 5.09. The highest BCUT2D eigenvalue weighted by Gasteiger charge is 2.15. The minimum absolute atomic E-state index is 0.224. The SMILES string of the molecule is CC(CCCCCCCO)S(=O)(=O)O. The van der Waals surface area contributed by atoms with Crippen LogP contribution < -0.4 is 0 Å². The van der Waals surface area contributed by atoms with Crippen molar-refractivity contribution < 1.29 is 18.1 Å². The number of aliphatic hydroxyl groups is 1. The van der Waals surface area contributed by atoms with E-state index in [0.717, 1.165) is 32.1 Å². The first kappa shape index (κ1) is 13.9. The molecule has 0 saturated heterocycles. The van der Waals surface area contributed by atoms with Crippen LogP contribution in [0.2, 0.25) is 0 Å². The Bertz CT molecular complexity index is 223. The molecule has 0 aromatic heterocycles. The summed E-state index contributed by atoms with van der Waals surface area (Å²) in [5, 5.41) is 7.85. The van der Waals surface area contributed by atoms with Crippen LogP contribution in [0.25, 0.3) is 0 Å². The van der Waals surface area contributed by atoms with Crippen LogP contribution in [-0.4, -0.2) is 29.9 Å². The first-order valence-electron chi connectivity index (χ1n) is 5.05. The van der Waals surface area contributed by atoms with Crippen molar-refractivity contribution in [3.63, 3.8) is 0 Å². The molecular formula is C9H20O4S. The van der Waals surface area contributed by atoms with Crippen LogP contribution in [0.3, 0.4) is 0 Å². The Morgan fingerprint density at radius 2 is 1.57 bits per heavy atom. The molecule has 0 spiro atoms. The van der Waals surface area contributed by atoms with Gasteiger partial charge in [0, 0.05) is 6.61 Å². The molecule has 0 aromatic rings. The third kappa shape index (κ3) is 7.29. The molecule has 0 aromatic carbocycles. The third-order valence-electron chi connectivity index (χ3n) is 2.28. The maximum atomic E-state index is 10.6. The van der Waals surface area contributed by atoms with Gasteiger partial charge in [-0.25, -0.2) is 0 Å². The van der Waals surface area contributed by atoms with Crippen LogP contribution in [0.5, 0.6) is 0 Å². The zero-order chi connectivity index (χ0) is 11.0. The molecule has 0 aliphatic rings. The van der Waals surface area contributed by atoms with Gasteiger partial charge in [0.25, 0.3) is 10.1 Å². The fourth-order valence-electron chi connectivity index (χ4n) is 1.22. The summed E-state index contributed by atoms with van der Waals surface area (Å²) in [7, 11) is -3.84. The van der Waals surface area contributed by atoms with E-state index in [0.29, 0.717) is 6.42 Å². The van der Waals surface area contributed by atoms with Gasteiger partial charge in [0.05, 0.1) is 5.25 Å². The van der Waals surface area contributed by atoms with Crippen molar-refractivity contribution in [2.24, 2.45) is 0 Å². The van der Waals surface area contributed by atoms with Crippen molar-refractivity contribution in [3.8, 4) is 0 Å². The second-order valence-electron chi connectivity index (χ2n) is 3.61. The normalized spacial score (nSPS) is 14.2. The Balaban J connectivity index is 3.37. The van der Waals surface area contributed by atoms with E-state index in [1.807, 2.05) is 0 Å². The summed E-state index contributed by atoms with van der Waals surface area (Å²) in [4.78, 5) is 0. The molecule has 1 unspecified atom stereocenters. The predicted molar refractivity (Wildman–Crippen MR) is 55.8 cm³/mol. The number of hydrogen-bond donors (Lipinski definition) is 2. The molecule has 0 heterocycles. The third-order valence-corrected chi connectivity index (χ3v) is 3.53. The lowest BCUT2D eigenvalue weighted by atomic mass is 10.1. The summed E-state index contributed by atoms with van der Waals surface area (Å²) in [5.41, 5.74) is 0. The highest BCUT2D eigenvalue weighted by molar-refractivity contribution is 7.86. The fraction of sp³-hybridized carbons (Fsp3) is 1.00. The Morgan fingerprint density at radius 1 is 1.07 bits per heavy atom. The highest BCUT2D eigenvalue weighted by atomic mass is 32.2. The molecule has 1 atom stereocenters. The summed E-state index contributed by atoms with van der Waals surface area (Å²) >= 11 is 0. The van der Waals surface area contributed by atoms with Gasteiger partial charge in [-0.15, -0.1) is 0 Å². The zero-order valence-electron chi connectivity index (χ0n) is 8.65. The van der Waals surface area contributed by atoms with Gasteiger partial charge in [-0.1, -0.05) is 25.7 Å². The van der Waals surface area contributed by atoms with Crippen molar-refractivity contribution in [2.75, 3.05) is 6.61 Å². The fourth-order valence-corrected chi connectivity index (χ4v) is 1.69. The smallest absolute Gasteiger partial charge is 0.267 e. The lowest BCUT2D eigenvalue weighted by molar-refractivity contribution is 0.282. The number of unbranched alkanes of at least 4 members (excludes halogenated alkanes) is 4. The first-order valence-corrected chi connectivity index (χ1v) is 6.56. The van der Waals surface area contributed by atoms with Gasteiger partial charge >= 0.3 is 0 Å². The van der Waals surface area contributed by atoms with Gasteiger partial charge in [-0.05, 0) is 19.8 Å². The summed E-state index contributed by atoms with van der Waals surface area (Å²) in [5.74, 6) is 0. The van der Waals surface area contributed by atoms with Crippen molar-refractivity contribution in [2.45, 2.75) is 50.7 Å². The topological polar surface area (TPSA) is 74.6 Å². The summed E-state index contributed by atoms with van der Waals surface area (Å²) in [6, 6.07) is 0. The van der Waals surface area contributed by atoms with Crippen LogP contribution in [0.1, 0.15) is 45.4 Å². The maximum Gasteiger partial charge on any atom is 0.267 e. The molecule has 0 fully saturated rings. The van der Waals surface area contributed by atoms with E-state index in [-0.39, 0.29) is 6.61 Å². The quantitative estimate of drug-likeness (QED) is 0.485. The maximum absolute atomic E-state index is 10.6. The van der Waals surface area contributed by atoms with Crippen LogP contribution in [0.15, 0.2) is 0 Å². The van der Waals surface area contributed by atoms with Crippen LogP contribution >= 0.6 is 0 Å². The Labute approximate surface area is 86.1 Å². The lowest BCUT2D eigenvalue weighted by Gasteiger charge is -2.06. The van der Waals surface area contributed by atoms with E-state index in [9.17, 15) is 8.42 Å². The molecule has 0 aliphatic carbocycles. The van der Waals surface area contributed by atoms with Crippen molar-refractivity contribution in [1.29, 1.82) is 0 Å². The second kappa shape index (κ2) is 7.20. The molecule has 0 saturated carbocycles. The number of aliphatic hydroxyl groups excluding tert-OH is 1. The van der Waals surface area contributed by atoms with Crippen molar-refractivity contribution in [3.05, 3.63) is 0 Å². The van der Waals surface area contributed by atoms with Crippen molar-refractivity contribution in [1.82, 2.24) is 0 Å². The summed E-state index contributed by atoms with van der Waals surface area (Å²) in [6.45, 7) is 1.74. The van der Waals surface area contributed by atoms with Gasteiger partial charge in [-0.3, -0.25) is 4.55 Å². The van der Waals surface area contributed by atoms with E-state index >= 15 is 0 Å². The van der Waals surface area contributed by atoms with Crippen LogP contribution in [-0.2, 0) is 10.1 Å². The lowest BCUT2D eigenvalue weighted by Crippen LogP contribution is -2.16.